The lowest BCUT2D eigenvalue weighted by atomic mass is 10.0. The van der Waals surface area contributed by atoms with Gasteiger partial charge in [-0.15, -0.1) is 11.3 Å². The maximum absolute atomic E-state index is 12.7. The first-order chi connectivity index (χ1) is 13.1. The fraction of sp³-hybridized carbons (Fsp3) is 0.158. The quantitative estimate of drug-likeness (QED) is 0.551. The van der Waals surface area contributed by atoms with Crippen molar-refractivity contribution in [3.05, 3.63) is 64.0 Å². The second-order valence-electron chi connectivity index (χ2n) is 5.54. The van der Waals surface area contributed by atoms with E-state index in [9.17, 15) is 9.59 Å². The summed E-state index contributed by atoms with van der Waals surface area (Å²) in [4.78, 5) is 33.0. The minimum Gasteiger partial charge on any atom is -0.462 e. The van der Waals surface area contributed by atoms with Gasteiger partial charge in [0.25, 0.3) is 5.91 Å². The van der Waals surface area contributed by atoms with E-state index in [0.29, 0.717) is 29.2 Å². The van der Waals surface area contributed by atoms with E-state index in [2.05, 4.69) is 31.2 Å². The molecule has 0 atom stereocenters. The Kier molecular flexibility index (Phi) is 6.31. The summed E-state index contributed by atoms with van der Waals surface area (Å²) in [6, 6.07) is 7.60. The summed E-state index contributed by atoms with van der Waals surface area (Å²) in [6.07, 6.45) is 5.00. The number of halogens is 1. The van der Waals surface area contributed by atoms with Gasteiger partial charge in [0.15, 0.2) is 0 Å². The van der Waals surface area contributed by atoms with Crippen LogP contribution in [0.3, 0.4) is 0 Å². The number of nitrogens with one attached hydrogen (secondary N) is 1. The number of hydrogen-bond acceptors (Lipinski definition) is 6. The van der Waals surface area contributed by atoms with Crippen molar-refractivity contribution in [3.63, 3.8) is 0 Å². The smallest absolute Gasteiger partial charge is 0.341 e. The van der Waals surface area contributed by atoms with Gasteiger partial charge in [0.2, 0.25) is 0 Å². The van der Waals surface area contributed by atoms with Crippen molar-refractivity contribution in [2.24, 2.45) is 0 Å². The van der Waals surface area contributed by atoms with Crippen LogP contribution in [-0.2, 0) is 4.74 Å². The highest BCUT2D eigenvalue weighted by atomic mass is 79.9. The van der Waals surface area contributed by atoms with E-state index in [1.165, 1.54) is 29.9 Å². The molecule has 0 unspecified atom stereocenters. The van der Waals surface area contributed by atoms with Gasteiger partial charge in [-0.3, -0.25) is 9.78 Å². The van der Waals surface area contributed by atoms with Gasteiger partial charge < -0.3 is 10.1 Å². The zero-order valence-corrected chi connectivity index (χ0v) is 16.8. The molecule has 3 rings (SSSR count). The molecule has 1 amide bonds. The van der Waals surface area contributed by atoms with Crippen LogP contribution < -0.4 is 5.32 Å². The summed E-state index contributed by atoms with van der Waals surface area (Å²) >= 11 is 4.71. The summed E-state index contributed by atoms with van der Waals surface area (Å²) in [5.74, 6) is -0.905. The first-order valence-corrected chi connectivity index (χ1v) is 9.89. The molecule has 0 bridgehead atoms. The predicted molar refractivity (Wildman–Crippen MR) is 108 cm³/mol. The zero-order chi connectivity index (χ0) is 19.2. The molecule has 0 spiro atoms. The van der Waals surface area contributed by atoms with E-state index in [-0.39, 0.29) is 5.69 Å². The van der Waals surface area contributed by atoms with Crippen molar-refractivity contribution >= 4 is 44.1 Å². The average molecular weight is 446 g/mol. The van der Waals surface area contributed by atoms with Gasteiger partial charge >= 0.3 is 5.97 Å². The van der Waals surface area contributed by atoms with Gasteiger partial charge in [-0.25, -0.2) is 9.78 Å². The fourth-order valence-electron chi connectivity index (χ4n) is 2.37. The van der Waals surface area contributed by atoms with Crippen molar-refractivity contribution in [3.8, 4) is 11.1 Å². The number of benzene rings is 1. The lowest BCUT2D eigenvalue weighted by molar-refractivity contribution is 0.0508. The topological polar surface area (TPSA) is 81.2 Å². The van der Waals surface area contributed by atoms with Crippen molar-refractivity contribution in [1.29, 1.82) is 0 Å². The normalized spacial score (nSPS) is 10.4. The number of nitrogens with zero attached hydrogens (tertiary/aromatic N) is 2. The summed E-state index contributed by atoms with van der Waals surface area (Å²) < 4.78 is 6.23. The molecular formula is C19H16BrN3O3S. The second-order valence-corrected chi connectivity index (χ2v) is 7.34. The summed E-state index contributed by atoms with van der Waals surface area (Å²) in [5.41, 5.74) is 2.06. The van der Waals surface area contributed by atoms with E-state index < -0.39 is 11.9 Å². The molecule has 0 aliphatic heterocycles. The Bertz CT molecular complexity index is 960. The monoisotopic (exact) mass is 445 g/mol. The Hall–Kier alpha value is -2.58. The van der Waals surface area contributed by atoms with Gasteiger partial charge in [-0.05, 0) is 24.1 Å². The Morgan fingerprint density at radius 3 is 2.85 bits per heavy atom. The number of ether oxygens (including phenoxy) is 1. The highest BCUT2D eigenvalue weighted by Gasteiger charge is 2.23. The van der Waals surface area contributed by atoms with Gasteiger partial charge in [-0.1, -0.05) is 35.0 Å². The van der Waals surface area contributed by atoms with E-state index in [4.69, 9.17) is 4.74 Å². The fourth-order valence-corrected chi connectivity index (χ4v) is 3.72. The minimum atomic E-state index is -0.470. The molecule has 0 aliphatic rings. The number of anilines is 1. The largest absolute Gasteiger partial charge is 0.462 e. The van der Waals surface area contributed by atoms with E-state index >= 15 is 0 Å². The van der Waals surface area contributed by atoms with Crippen LogP contribution >= 0.6 is 27.3 Å². The Morgan fingerprint density at radius 2 is 2.15 bits per heavy atom. The number of carbonyl (C=O) groups is 2. The lowest BCUT2D eigenvalue weighted by Crippen LogP contribution is -2.16. The van der Waals surface area contributed by atoms with Crippen molar-refractivity contribution in [1.82, 2.24) is 9.97 Å². The number of aromatic nitrogens is 2. The molecule has 27 heavy (non-hydrogen) atoms. The van der Waals surface area contributed by atoms with Crippen LogP contribution in [0.5, 0.6) is 0 Å². The Labute approximate surface area is 168 Å². The molecule has 8 heteroatoms. The third-order valence-electron chi connectivity index (χ3n) is 3.59. The maximum atomic E-state index is 12.7. The molecule has 6 nitrogen and oxygen atoms in total. The first kappa shape index (κ1) is 19.2. The molecule has 1 aromatic carbocycles. The SMILES string of the molecule is CCCOC(=O)c1c(-c2cccc(Br)c2)csc1NC(=O)c1cnccn1. The number of amides is 1. The Morgan fingerprint density at radius 1 is 1.30 bits per heavy atom. The maximum Gasteiger partial charge on any atom is 0.341 e. The first-order valence-electron chi connectivity index (χ1n) is 8.22. The molecule has 2 heterocycles. The third-order valence-corrected chi connectivity index (χ3v) is 4.98. The van der Waals surface area contributed by atoms with E-state index in [1.54, 1.807) is 0 Å². The minimum absolute atomic E-state index is 0.169. The van der Waals surface area contributed by atoms with E-state index in [1.807, 2.05) is 36.6 Å². The summed E-state index contributed by atoms with van der Waals surface area (Å²) in [6.45, 7) is 2.23. The summed E-state index contributed by atoms with van der Waals surface area (Å²) in [7, 11) is 0. The lowest BCUT2D eigenvalue weighted by Gasteiger charge is -2.09. The van der Waals surface area contributed by atoms with Crippen LogP contribution in [0.1, 0.15) is 34.2 Å². The van der Waals surface area contributed by atoms with Crippen LogP contribution in [-0.4, -0.2) is 28.5 Å². The highest BCUT2D eigenvalue weighted by molar-refractivity contribution is 9.10. The Balaban J connectivity index is 1.98. The highest BCUT2D eigenvalue weighted by Crippen LogP contribution is 2.37. The van der Waals surface area contributed by atoms with Crippen molar-refractivity contribution in [2.75, 3.05) is 11.9 Å². The van der Waals surface area contributed by atoms with Gasteiger partial charge in [-0.2, -0.15) is 0 Å². The molecule has 138 valence electrons. The average Bonchev–Trinajstić information content (AvgIpc) is 3.10. The van der Waals surface area contributed by atoms with Crippen LogP contribution in [0.2, 0.25) is 0 Å². The molecule has 2 aromatic heterocycles. The molecule has 1 N–H and O–H groups in total. The van der Waals surface area contributed by atoms with Crippen LogP contribution in [0.15, 0.2) is 52.7 Å². The molecule has 0 saturated heterocycles. The standard InChI is InChI=1S/C19H16BrN3O3S/c1-2-8-26-19(25)16-14(12-4-3-5-13(20)9-12)11-27-18(16)23-17(24)15-10-21-6-7-22-15/h3-7,9-11H,2,8H2,1H3,(H,23,24). The zero-order valence-electron chi connectivity index (χ0n) is 14.4. The number of esters is 1. The van der Waals surface area contributed by atoms with Gasteiger partial charge in [0, 0.05) is 27.8 Å². The number of hydrogen-bond donors (Lipinski definition) is 1. The van der Waals surface area contributed by atoms with Gasteiger partial charge in [0.1, 0.15) is 16.3 Å². The van der Waals surface area contributed by atoms with Crippen molar-refractivity contribution < 1.29 is 14.3 Å². The molecule has 0 fully saturated rings. The molecule has 0 radical (unpaired) electrons. The van der Waals surface area contributed by atoms with Gasteiger partial charge in [0.05, 0.1) is 12.8 Å². The molecular weight excluding hydrogens is 430 g/mol. The third kappa shape index (κ3) is 4.58. The summed E-state index contributed by atoms with van der Waals surface area (Å²) in [5, 5.41) is 5.00. The second kappa shape index (κ2) is 8.88. The van der Waals surface area contributed by atoms with Crippen LogP contribution in [0.4, 0.5) is 5.00 Å². The molecule has 3 aromatic rings. The van der Waals surface area contributed by atoms with Crippen molar-refractivity contribution in [2.45, 2.75) is 13.3 Å². The number of rotatable bonds is 6. The molecule has 0 saturated carbocycles. The molecule has 0 aliphatic carbocycles. The number of thiophene rings is 1. The van der Waals surface area contributed by atoms with Crippen LogP contribution in [0, 0.1) is 0 Å². The van der Waals surface area contributed by atoms with Crippen LogP contribution in [0.25, 0.3) is 11.1 Å². The van der Waals surface area contributed by atoms with E-state index in [0.717, 1.165) is 10.0 Å². The predicted octanol–water partition coefficient (Wildman–Crippen LogP) is 4.79. The number of carbonyl (C=O) groups excluding carboxylic acids is 2.